The molecular formula is C14H20FNO3. The summed E-state index contributed by atoms with van der Waals surface area (Å²) in [6.45, 7) is 0.738. The molecule has 1 aromatic rings. The Morgan fingerprint density at radius 2 is 1.95 bits per heavy atom. The molecule has 0 radical (unpaired) electrons. The summed E-state index contributed by atoms with van der Waals surface area (Å²) < 4.78 is 23.6. The number of hydrogen-bond acceptors (Lipinski definition) is 4. The highest BCUT2D eigenvalue weighted by Crippen LogP contribution is 2.39. The predicted molar refractivity (Wildman–Crippen MR) is 69.9 cm³/mol. The van der Waals surface area contributed by atoms with E-state index in [0.717, 1.165) is 5.12 Å². The Balaban J connectivity index is 2.21. The molecule has 1 atom stereocenters. The van der Waals surface area contributed by atoms with Crippen LogP contribution < -0.4 is 9.47 Å². The van der Waals surface area contributed by atoms with Gasteiger partial charge in [-0.1, -0.05) is 12.1 Å². The average molecular weight is 269 g/mol. The van der Waals surface area contributed by atoms with E-state index in [2.05, 4.69) is 0 Å². The Morgan fingerprint density at radius 1 is 1.26 bits per heavy atom. The molecule has 1 N–H and O–H groups in total. The summed E-state index contributed by atoms with van der Waals surface area (Å²) in [6, 6.07) is 5.44. The zero-order valence-electron chi connectivity index (χ0n) is 11.3. The van der Waals surface area contributed by atoms with Crippen LogP contribution >= 0.6 is 0 Å². The minimum Gasteiger partial charge on any atom is -0.493 e. The molecule has 1 fully saturated rings. The number of rotatable bonds is 4. The summed E-state index contributed by atoms with van der Waals surface area (Å²) in [7, 11) is 3.12. The molecule has 0 bridgehead atoms. The molecule has 1 heterocycles. The molecule has 1 saturated heterocycles. The van der Waals surface area contributed by atoms with Crippen molar-refractivity contribution in [1.29, 1.82) is 0 Å². The van der Waals surface area contributed by atoms with Crippen molar-refractivity contribution in [1.82, 2.24) is 5.12 Å². The lowest BCUT2D eigenvalue weighted by atomic mass is 9.87. The summed E-state index contributed by atoms with van der Waals surface area (Å²) in [5, 5.41) is 11.3. The summed E-state index contributed by atoms with van der Waals surface area (Å²) in [5.74, 6) is 1.20. The first-order valence-electron chi connectivity index (χ1n) is 6.47. The van der Waals surface area contributed by atoms with Crippen LogP contribution in [0.4, 0.5) is 4.48 Å². The zero-order chi connectivity index (χ0) is 13.8. The van der Waals surface area contributed by atoms with Crippen molar-refractivity contribution in [2.75, 3.05) is 27.3 Å². The lowest BCUT2D eigenvalue weighted by molar-refractivity contribution is -0.0339. The smallest absolute Gasteiger partial charge is 0.166 e. The zero-order valence-corrected chi connectivity index (χ0v) is 11.3. The third-order valence-corrected chi connectivity index (χ3v) is 3.68. The first-order chi connectivity index (χ1) is 9.17. The van der Waals surface area contributed by atoms with Crippen molar-refractivity contribution in [2.24, 2.45) is 5.92 Å². The van der Waals surface area contributed by atoms with Crippen LogP contribution in [0.5, 0.6) is 11.5 Å². The van der Waals surface area contributed by atoms with Gasteiger partial charge in [-0.3, -0.25) is 0 Å². The second-order valence-electron chi connectivity index (χ2n) is 4.77. The third-order valence-electron chi connectivity index (χ3n) is 3.68. The van der Waals surface area contributed by atoms with Crippen molar-refractivity contribution in [3.8, 4) is 11.5 Å². The molecule has 1 aliphatic rings. The molecule has 0 aliphatic carbocycles. The molecule has 4 nitrogen and oxygen atoms in total. The van der Waals surface area contributed by atoms with Gasteiger partial charge in [-0.2, -0.15) is 0 Å². The number of methoxy groups -OCH3 is 2. The highest BCUT2D eigenvalue weighted by atomic mass is 19.2. The van der Waals surface area contributed by atoms with E-state index < -0.39 is 6.10 Å². The maximum atomic E-state index is 13.0. The Morgan fingerprint density at radius 3 is 2.53 bits per heavy atom. The van der Waals surface area contributed by atoms with Gasteiger partial charge in [-0.25, -0.2) is 0 Å². The SMILES string of the molecule is COc1cccc([C@H](O)C2CCN(F)CC2)c1OC. The Labute approximate surface area is 112 Å². The number of para-hydroxylation sites is 1. The molecule has 0 saturated carbocycles. The number of nitrogens with zero attached hydrogens (tertiary/aromatic N) is 1. The molecule has 2 rings (SSSR count). The Kier molecular flexibility index (Phi) is 4.61. The van der Waals surface area contributed by atoms with Crippen LogP contribution in [0.25, 0.3) is 0 Å². The number of piperidine rings is 1. The fourth-order valence-electron chi connectivity index (χ4n) is 2.58. The van der Waals surface area contributed by atoms with Gasteiger partial charge in [-0.05, 0) is 24.8 Å². The van der Waals surface area contributed by atoms with Gasteiger partial charge in [0.1, 0.15) is 0 Å². The van der Waals surface area contributed by atoms with Crippen molar-refractivity contribution < 1.29 is 19.1 Å². The second kappa shape index (κ2) is 6.21. The number of aliphatic hydroxyl groups excluding tert-OH is 1. The van der Waals surface area contributed by atoms with Crippen molar-refractivity contribution in [2.45, 2.75) is 18.9 Å². The fraction of sp³-hybridized carbons (Fsp3) is 0.571. The number of halogens is 1. The summed E-state index contributed by atoms with van der Waals surface area (Å²) in [6.07, 6.45) is 0.620. The van der Waals surface area contributed by atoms with Crippen LogP contribution in [0.1, 0.15) is 24.5 Å². The lowest BCUT2D eigenvalue weighted by Crippen LogP contribution is -2.30. The van der Waals surface area contributed by atoms with Crippen LogP contribution in [0.3, 0.4) is 0 Å². The highest BCUT2D eigenvalue weighted by Gasteiger charge is 2.28. The van der Waals surface area contributed by atoms with E-state index in [-0.39, 0.29) is 5.92 Å². The molecule has 106 valence electrons. The first kappa shape index (κ1) is 14.1. The molecular weight excluding hydrogens is 249 g/mol. The number of hydrogen-bond donors (Lipinski definition) is 1. The quantitative estimate of drug-likeness (QED) is 0.852. The lowest BCUT2D eigenvalue weighted by Gasteiger charge is -2.30. The minimum absolute atomic E-state index is 0.0491. The summed E-state index contributed by atoms with van der Waals surface area (Å²) >= 11 is 0. The van der Waals surface area contributed by atoms with E-state index in [1.807, 2.05) is 12.1 Å². The highest BCUT2D eigenvalue weighted by molar-refractivity contribution is 5.47. The summed E-state index contributed by atoms with van der Waals surface area (Å²) in [4.78, 5) is 0. The van der Waals surface area contributed by atoms with Crippen LogP contribution in [0.2, 0.25) is 0 Å². The Bertz CT molecular complexity index is 419. The Hall–Kier alpha value is -1.33. The van der Waals surface area contributed by atoms with Crippen LogP contribution in [0, 0.1) is 5.92 Å². The summed E-state index contributed by atoms with van der Waals surface area (Å²) in [5.41, 5.74) is 0.708. The second-order valence-corrected chi connectivity index (χ2v) is 4.77. The number of aliphatic hydroxyl groups is 1. The van der Waals surface area contributed by atoms with E-state index >= 15 is 0 Å². The topological polar surface area (TPSA) is 41.9 Å². The molecule has 0 amide bonds. The van der Waals surface area contributed by atoms with E-state index in [4.69, 9.17) is 9.47 Å². The number of ether oxygens (including phenoxy) is 2. The predicted octanol–water partition coefficient (Wildman–Crippen LogP) is 2.33. The van der Waals surface area contributed by atoms with E-state index in [1.165, 1.54) is 0 Å². The van der Waals surface area contributed by atoms with Gasteiger partial charge in [0.2, 0.25) is 0 Å². The van der Waals surface area contributed by atoms with Gasteiger partial charge >= 0.3 is 0 Å². The van der Waals surface area contributed by atoms with Gasteiger partial charge in [0.25, 0.3) is 0 Å². The number of benzene rings is 1. The molecule has 0 unspecified atom stereocenters. The van der Waals surface area contributed by atoms with Crippen LogP contribution in [-0.4, -0.2) is 37.5 Å². The molecule has 5 heteroatoms. The minimum atomic E-state index is -0.654. The van der Waals surface area contributed by atoms with Gasteiger partial charge in [0.15, 0.2) is 11.5 Å². The van der Waals surface area contributed by atoms with Gasteiger partial charge < -0.3 is 14.6 Å². The fourth-order valence-corrected chi connectivity index (χ4v) is 2.58. The average Bonchev–Trinajstić information content (AvgIpc) is 2.46. The third kappa shape index (κ3) is 2.98. The van der Waals surface area contributed by atoms with Gasteiger partial charge in [0, 0.05) is 18.7 Å². The largest absolute Gasteiger partial charge is 0.493 e. The monoisotopic (exact) mass is 269 g/mol. The van der Waals surface area contributed by atoms with Gasteiger partial charge in [0.05, 0.1) is 20.3 Å². The molecule has 19 heavy (non-hydrogen) atoms. The molecule has 0 spiro atoms. The molecule has 0 aromatic heterocycles. The van der Waals surface area contributed by atoms with Crippen molar-refractivity contribution in [3.05, 3.63) is 23.8 Å². The maximum Gasteiger partial charge on any atom is 0.166 e. The van der Waals surface area contributed by atoms with Crippen LogP contribution in [-0.2, 0) is 0 Å². The standard InChI is InChI=1S/C14H20FNO3/c1-18-12-5-3-4-11(14(12)19-2)13(17)10-6-8-16(15)9-7-10/h3-5,10,13,17H,6-9H2,1-2H3/t13-/m1/s1. The first-order valence-corrected chi connectivity index (χ1v) is 6.47. The molecule has 1 aliphatic heterocycles. The van der Waals surface area contributed by atoms with Crippen LogP contribution in [0.15, 0.2) is 18.2 Å². The van der Waals surface area contributed by atoms with E-state index in [1.54, 1.807) is 20.3 Å². The van der Waals surface area contributed by atoms with Gasteiger partial charge in [-0.15, -0.1) is 9.60 Å². The maximum absolute atomic E-state index is 13.0. The van der Waals surface area contributed by atoms with E-state index in [9.17, 15) is 9.59 Å². The van der Waals surface area contributed by atoms with E-state index in [0.29, 0.717) is 43.0 Å². The van der Waals surface area contributed by atoms with Crippen molar-refractivity contribution in [3.63, 3.8) is 0 Å². The molecule has 1 aromatic carbocycles. The van der Waals surface area contributed by atoms with Crippen molar-refractivity contribution >= 4 is 0 Å². The normalized spacial score (nSPS) is 19.2.